The van der Waals surface area contributed by atoms with Crippen LogP contribution in [0.3, 0.4) is 0 Å². The standard InChI is InChI=1S/C86H153N2O6P/c1-6-8-10-12-14-16-18-20-22-24-26-28-30-32-34-36-38-40-41-42-43-44-45-46-47-48-50-52-54-56-58-60-62-64-66-68-70-72-74-76-78-80-86(90)87-84(83-94-95(91,92)93-82-81-88(3,4)5)85(89)79-77-75-73-71-69-67-65-63-61-59-57-55-53-51-49-39-37-35-33-31-29-27-25-23-21-19-17-15-13-11-9-7-2/h8,10,14,16,20,22,26,28,32,34,38,40,42-43,45-46,48,50,54,56,60,62,84-85,89H,6-7,9,11-13,15,17-19,21,23-25,27,29-31,33,35-37,39,41,44,47,49,51-53,55,57-59,61,63-83H2,1-5H3,(H-,87,90,91,92)/b10-8-,16-14-,22-20-,28-26-,34-32-,40-38-,43-42-,46-45-,50-48-,56-54-,62-60-. The molecule has 0 aliphatic rings. The predicted octanol–water partition coefficient (Wildman–Crippen LogP) is 25.9. The number of allylic oxidation sites excluding steroid dienone is 22. The van der Waals surface area contributed by atoms with Crippen LogP contribution in [0.2, 0.25) is 0 Å². The topological polar surface area (TPSA) is 108 Å². The van der Waals surface area contributed by atoms with E-state index < -0.39 is 20.0 Å². The fourth-order valence-corrected chi connectivity index (χ4v) is 12.2. The Hall–Kier alpha value is -3.36. The third-order valence-corrected chi connectivity index (χ3v) is 18.6. The van der Waals surface area contributed by atoms with Crippen molar-refractivity contribution in [1.29, 1.82) is 0 Å². The summed E-state index contributed by atoms with van der Waals surface area (Å²) in [4.78, 5) is 25.7. The second kappa shape index (κ2) is 74.9. The molecule has 0 aliphatic carbocycles. The van der Waals surface area contributed by atoms with Crippen LogP contribution in [-0.2, 0) is 18.4 Å². The van der Waals surface area contributed by atoms with E-state index in [9.17, 15) is 19.4 Å². The molecule has 95 heavy (non-hydrogen) atoms. The number of phosphoric ester groups is 1. The molecule has 0 aliphatic heterocycles. The molecule has 9 heteroatoms. The van der Waals surface area contributed by atoms with Gasteiger partial charge in [0.1, 0.15) is 13.2 Å². The molecule has 0 aromatic rings. The van der Waals surface area contributed by atoms with Crippen molar-refractivity contribution in [3.63, 3.8) is 0 Å². The highest BCUT2D eigenvalue weighted by Crippen LogP contribution is 2.38. The molecule has 1 amide bonds. The van der Waals surface area contributed by atoms with Gasteiger partial charge in [-0.2, -0.15) is 0 Å². The summed E-state index contributed by atoms with van der Waals surface area (Å²) in [5, 5.41) is 14.1. The Morgan fingerprint density at radius 3 is 0.937 bits per heavy atom. The lowest BCUT2D eigenvalue weighted by Gasteiger charge is -2.30. The number of rotatable bonds is 73. The minimum atomic E-state index is -4.60. The van der Waals surface area contributed by atoms with Gasteiger partial charge in [0.05, 0.1) is 39.9 Å². The number of aliphatic hydroxyl groups is 1. The van der Waals surface area contributed by atoms with Crippen molar-refractivity contribution in [3.05, 3.63) is 134 Å². The molecule has 548 valence electrons. The molecule has 0 rings (SSSR count). The van der Waals surface area contributed by atoms with E-state index in [2.05, 4.69) is 153 Å². The molecular weight excluding hydrogens is 1190 g/mol. The lowest BCUT2D eigenvalue weighted by Crippen LogP contribution is -2.46. The quantitative estimate of drug-likeness (QED) is 0.0272. The van der Waals surface area contributed by atoms with Gasteiger partial charge in [-0.15, -0.1) is 0 Å². The van der Waals surface area contributed by atoms with Gasteiger partial charge in [-0.3, -0.25) is 9.36 Å². The van der Waals surface area contributed by atoms with Gasteiger partial charge >= 0.3 is 0 Å². The van der Waals surface area contributed by atoms with Crippen molar-refractivity contribution >= 4 is 13.7 Å². The van der Waals surface area contributed by atoms with Gasteiger partial charge in [-0.1, -0.05) is 385 Å². The van der Waals surface area contributed by atoms with Crippen molar-refractivity contribution < 1.29 is 32.9 Å². The van der Waals surface area contributed by atoms with Crippen molar-refractivity contribution in [1.82, 2.24) is 5.32 Å². The zero-order chi connectivity index (χ0) is 69.0. The Bertz CT molecular complexity index is 2020. The lowest BCUT2D eigenvalue weighted by molar-refractivity contribution is -0.870. The Balaban J connectivity index is 4.06. The number of unbranched alkanes of at least 4 members (excludes halogenated alkanes) is 38. The van der Waals surface area contributed by atoms with Gasteiger partial charge in [0, 0.05) is 6.42 Å². The zero-order valence-electron chi connectivity index (χ0n) is 62.8. The summed E-state index contributed by atoms with van der Waals surface area (Å²) in [6.45, 7) is 4.63. The Labute approximate surface area is 589 Å². The van der Waals surface area contributed by atoms with E-state index in [1.165, 1.54) is 205 Å². The number of carbonyl (C=O) groups excluding carboxylic acids is 1. The first-order chi connectivity index (χ1) is 46.5. The first-order valence-corrected chi connectivity index (χ1v) is 41.5. The molecule has 0 saturated heterocycles. The van der Waals surface area contributed by atoms with Crippen LogP contribution < -0.4 is 10.2 Å². The van der Waals surface area contributed by atoms with Crippen molar-refractivity contribution in [3.8, 4) is 0 Å². The van der Waals surface area contributed by atoms with E-state index in [1.807, 2.05) is 21.1 Å². The van der Waals surface area contributed by atoms with E-state index in [-0.39, 0.29) is 19.1 Å². The first-order valence-electron chi connectivity index (χ1n) is 40.0. The summed E-state index contributed by atoms with van der Waals surface area (Å²) in [5.41, 5.74) is 0. The smallest absolute Gasteiger partial charge is 0.268 e. The average Bonchev–Trinajstić information content (AvgIpc) is 2.01. The highest BCUT2D eigenvalue weighted by molar-refractivity contribution is 7.45. The third-order valence-electron chi connectivity index (χ3n) is 17.7. The number of quaternary nitrogens is 1. The summed E-state index contributed by atoms with van der Waals surface area (Å²) >= 11 is 0. The van der Waals surface area contributed by atoms with Gasteiger partial charge in [0.25, 0.3) is 7.82 Å². The molecule has 0 heterocycles. The number of nitrogens with one attached hydrogen (secondary N) is 1. The summed E-state index contributed by atoms with van der Waals surface area (Å²) < 4.78 is 23.6. The van der Waals surface area contributed by atoms with Crippen molar-refractivity contribution in [2.45, 2.75) is 366 Å². The fraction of sp³-hybridized carbons (Fsp3) is 0.733. The number of carbonyl (C=O) groups is 1. The number of phosphoric acid groups is 1. The second-order valence-corrected chi connectivity index (χ2v) is 29.5. The highest BCUT2D eigenvalue weighted by atomic mass is 31.2. The van der Waals surface area contributed by atoms with Crippen LogP contribution in [0.25, 0.3) is 0 Å². The molecule has 0 radical (unpaired) electrons. The van der Waals surface area contributed by atoms with E-state index in [1.54, 1.807) is 0 Å². The summed E-state index contributed by atoms with van der Waals surface area (Å²) in [6.07, 6.45) is 113. The Kier molecular flexibility index (Phi) is 72.2. The number of nitrogens with zero attached hydrogens (tertiary/aromatic N) is 1. The number of likely N-dealkylation sites (N-methyl/N-ethyl adjacent to an activating group) is 1. The molecule has 8 nitrogen and oxygen atoms in total. The summed E-state index contributed by atoms with van der Waals surface area (Å²) in [7, 11) is 1.29. The Morgan fingerprint density at radius 2 is 0.642 bits per heavy atom. The van der Waals surface area contributed by atoms with Crippen molar-refractivity contribution in [2.75, 3.05) is 40.9 Å². The molecule has 3 atom stereocenters. The molecule has 0 spiro atoms. The van der Waals surface area contributed by atoms with Crippen LogP contribution >= 0.6 is 7.82 Å². The molecule has 0 aromatic heterocycles. The lowest BCUT2D eigenvalue weighted by atomic mass is 10.0. The Morgan fingerprint density at radius 1 is 0.379 bits per heavy atom. The molecular formula is C86H153N2O6P. The van der Waals surface area contributed by atoms with Gasteiger partial charge in [-0.05, 0) is 96.3 Å². The molecule has 3 unspecified atom stereocenters. The maximum atomic E-state index is 13.1. The monoisotopic (exact) mass is 1340 g/mol. The number of hydrogen-bond acceptors (Lipinski definition) is 6. The molecule has 2 N–H and O–H groups in total. The number of aliphatic hydroxyl groups excluding tert-OH is 1. The van der Waals surface area contributed by atoms with E-state index >= 15 is 0 Å². The third kappa shape index (κ3) is 77.9. The minimum absolute atomic E-state index is 0.00432. The number of hydrogen-bond donors (Lipinski definition) is 2. The summed E-state index contributed by atoms with van der Waals surface area (Å²) in [6, 6.07) is -0.819. The van der Waals surface area contributed by atoms with Crippen LogP contribution in [0, 0.1) is 0 Å². The second-order valence-electron chi connectivity index (χ2n) is 28.0. The summed E-state index contributed by atoms with van der Waals surface area (Å²) in [5.74, 6) is -0.176. The van der Waals surface area contributed by atoms with Gasteiger partial charge in [-0.25, -0.2) is 0 Å². The molecule has 0 aromatic carbocycles. The molecule has 0 saturated carbocycles. The number of amides is 1. The van der Waals surface area contributed by atoms with E-state index in [4.69, 9.17) is 9.05 Å². The SMILES string of the molecule is CC/C=C\C/C=C\C/C=C\C/C=C\C/C=C\C/C=C\C/C=C\C/C=C\C/C=C\C/C=C\C/C=C\CCCCCCCCCC(=O)NC(COP(=O)([O-])OCC[N+](C)(C)C)C(O)CCCCCCCCCCCCCCCCCCCCCCCCCCCCCCCCCC. The van der Waals surface area contributed by atoms with Crippen LogP contribution in [0.15, 0.2) is 134 Å². The molecule has 0 bridgehead atoms. The van der Waals surface area contributed by atoms with Gasteiger partial charge in [0.15, 0.2) is 0 Å². The van der Waals surface area contributed by atoms with Crippen LogP contribution in [0.5, 0.6) is 0 Å². The van der Waals surface area contributed by atoms with E-state index in [0.29, 0.717) is 23.9 Å². The van der Waals surface area contributed by atoms with Gasteiger partial charge in [0.2, 0.25) is 5.91 Å². The zero-order valence-corrected chi connectivity index (χ0v) is 63.7. The minimum Gasteiger partial charge on any atom is -0.756 e. The predicted molar refractivity (Wildman–Crippen MR) is 417 cm³/mol. The van der Waals surface area contributed by atoms with Crippen LogP contribution in [0.4, 0.5) is 0 Å². The maximum Gasteiger partial charge on any atom is 0.268 e. The largest absolute Gasteiger partial charge is 0.756 e. The molecule has 0 fully saturated rings. The van der Waals surface area contributed by atoms with Crippen LogP contribution in [-0.4, -0.2) is 68.5 Å². The maximum absolute atomic E-state index is 13.1. The van der Waals surface area contributed by atoms with E-state index in [0.717, 1.165) is 122 Å². The first kappa shape index (κ1) is 91.6. The average molecular weight is 1340 g/mol. The van der Waals surface area contributed by atoms with Crippen molar-refractivity contribution in [2.24, 2.45) is 0 Å². The normalized spacial score (nSPS) is 14.2. The van der Waals surface area contributed by atoms with Gasteiger partial charge < -0.3 is 28.8 Å². The fourth-order valence-electron chi connectivity index (χ4n) is 11.5. The van der Waals surface area contributed by atoms with Crippen LogP contribution in [0.1, 0.15) is 354 Å². The highest BCUT2D eigenvalue weighted by Gasteiger charge is 2.24.